The third-order valence-corrected chi connectivity index (χ3v) is 6.88. The highest BCUT2D eigenvalue weighted by molar-refractivity contribution is 7.89. The first-order chi connectivity index (χ1) is 16.7. The topological polar surface area (TPSA) is 93.1 Å². The molecule has 0 saturated heterocycles. The van der Waals surface area contributed by atoms with Crippen LogP contribution in [0.2, 0.25) is 0 Å². The molecule has 0 atom stereocenters. The average molecular weight is 493 g/mol. The number of carbonyl (C=O) groups is 1. The van der Waals surface area contributed by atoms with Gasteiger partial charge in [-0.3, -0.25) is 4.79 Å². The predicted octanol–water partition coefficient (Wildman–Crippen LogP) is 4.68. The van der Waals surface area contributed by atoms with E-state index in [1.165, 1.54) is 36.4 Å². The standard InChI is InChI=1S/C26H25FN4O3S/c1-18(2)30-35(33,34)23-14-10-21(11-15-23)26(32)29-25-24(20-8-12-22(27)13-9-20)28-17-31(25)16-19-6-4-3-5-7-19/h3-15,17-18,30H,16H2,1-2H3,(H,29,32). The third kappa shape index (κ3) is 5.82. The molecule has 0 unspecified atom stereocenters. The zero-order valence-corrected chi connectivity index (χ0v) is 20.1. The molecule has 4 aromatic rings. The van der Waals surface area contributed by atoms with Crippen LogP contribution >= 0.6 is 0 Å². The number of amides is 1. The lowest BCUT2D eigenvalue weighted by Gasteiger charge is -2.13. The van der Waals surface area contributed by atoms with Gasteiger partial charge in [0.1, 0.15) is 17.3 Å². The first-order valence-electron chi connectivity index (χ1n) is 11.0. The number of sulfonamides is 1. The van der Waals surface area contributed by atoms with Gasteiger partial charge in [0.05, 0.1) is 17.8 Å². The summed E-state index contributed by atoms with van der Waals surface area (Å²) in [5.41, 5.74) is 2.44. The van der Waals surface area contributed by atoms with E-state index in [4.69, 9.17) is 0 Å². The molecule has 1 aromatic heterocycles. The number of hydrogen-bond donors (Lipinski definition) is 2. The Bertz CT molecular complexity index is 1420. The summed E-state index contributed by atoms with van der Waals surface area (Å²) in [6, 6.07) is 21.0. The molecule has 0 bridgehead atoms. The van der Waals surface area contributed by atoms with Crippen LogP contribution < -0.4 is 10.0 Å². The van der Waals surface area contributed by atoms with Crippen LogP contribution in [0.4, 0.5) is 10.2 Å². The number of rotatable bonds is 8. The molecule has 9 heteroatoms. The van der Waals surface area contributed by atoms with Crippen molar-refractivity contribution in [3.05, 3.63) is 102 Å². The highest BCUT2D eigenvalue weighted by Gasteiger charge is 2.19. The maximum absolute atomic E-state index is 13.5. The molecule has 1 amide bonds. The minimum Gasteiger partial charge on any atom is -0.312 e. The Hall–Kier alpha value is -3.82. The number of nitrogens with zero attached hydrogens (tertiary/aromatic N) is 2. The van der Waals surface area contributed by atoms with Gasteiger partial charge in [-0.15, -0.1) is 0 Å². The molecule has 4 rings (SSSR count). The normalized spacial score (nSPS) is 11.5. The van der Waals surface area contributed by atoms with Crippen LogP contribution in [0.25, 0.3) is 11.3 Å². The molecule has 180 valence electrons. The first-order valence-corrected chi connectivity index (χ1v) is 12.5. The molecule has 0 aliphatic rings. The van der Waals surface area contributed by atoms with Crippen molar-refractivity contribution in [1.82, 2.24) is 14.3 Å². The van der Waals surface area contributed by atoms with Crippen molar-refractivity contribution >= 4 is 21.7 Å². The fourth-order valence-electron chi connectivity index (χ4n) is 3.58. The van der Waals surface area contributed by atoms with Crippen molar-refractivity contribution in [2.45, 2.75) is 31.3 Å². The smallest absolute Gasteiger partial charge is 0.256 e. The molecule has 3 aromatic carbocycles. The molecule has 35 heavy (non-hydrogen) atoms. The minimum absolute atomic E-state index is 0.0730. The summed E-state index contributed by atoms with van der Waals surface area (Å²) in [5, 5.41) is 2.90. The van der Waals surface area contributed by atoms with E-state index in [1.54, 1.807) is 36.9 Å². The van der Waals surface area contributed by atoms with Gasteiger partial charge in [0.15, 0.2) is 0 Å². The number of imidazole rings is 1. The van der Waals surface area contributed by atoms with Gasteiger partial charge in [0.2, 0.25) is 10.0 Å². The molecule has 0 aliphatic carbocycles. The fraction of sp³-hybridized carbons (Fsp3) is 0.154. The van der Waals surface area contributed by atoms with Gasteiger partial charge in [-0.1, -0.05) is 30.3 Å². The van der Waals surface area contributed by atoms with Crippen molar-refractivity contribution in [3.63, 3.8) is 0 Å². The molecule has 2 N–H and O–H groups in total. The maximum atomic E-state index is 13.5. The van der Waals surface area contributed by atoms with E-state index in [0.29, 0.717) is 23.6 Å². The Balaban J connectivity index is 1.64. The number of benzene rings is 3. The molecule has 0 saturated carbocycles. The van der Waals surface area contributed by atoms with Gasteiger partial charge in [-0.25, -0.2) is 22.5 Å². The monoisotopic (exact) mass is 492 g/mol. The lowest BCUT2D eigenvalue weighted by atomic mass is 10.1. The summed E-state index contributed by atoms with van der Waals surface area (Å²) < 4.78 is 42.5. The minimum atomic E-state index is -3.67. The Labute approximate surface area is 203 Å². The summed E-state index contributed by atoms with van der Waals surface area (Å²) in [6.07, 6.45) is 1.62. The highest BCUT2D eigenvalue weighted by Crippen LogP contribution is 2.28. The summed E-state index contributed by atoms with van der Waals surface area (Å²) in [4.78, 5) is 17.7. The van der Waals surface area contributed by atoms with E-state index in [1.807, 2.05) is 30.3 Å². The van der Waals surface area contributed by atoms with Gasteiger partial charge in [-0.2, -0.15) is 0 Å². The number of aromatic nitrogens is 2. The molecule has 1 heterocycles. The van der Waals surface area contributed by atoms with E-state index in [2.05, 4.69) is 15.0 Å². The fourth-order valence-corrected chi connectivity index (χ4v) is 4.83. The number of nitrogens with one attached hydrogen (secondary N) is 2. The lowest BCUT2D eigenvalue weighted by Crippen LogP contribution is -2.30. The zero-order valence-electron chi connectivity index (χ0n) is 19.3. The second-order valence-corrected chi connectivity index (χ2v) is 10.0. The van der Waals surface area contributed by atoms with E-state index >= 15 is 0 Å². The highest BCUT2D eigenvalue weighted by atomic mass is 32.2. The summed E-state index contributed by atoms with van der Waals surface area (Å²) in [5.74, 6) is -0.349. The van der Waals surface area contributed by atoms with E-state index in [-0.39, 0.29) is 22.3 Å². The predicted molar refractivity (Wildman–Crippen MR) is 133 cm³/mol. The Morgan fingerprint density at radius 1 is 0.971 bits per heavy atom. The van der Waals surface area contributed by atoms with Gasteiger partial charge in [0.25, 0.3) is 5.91 Å². The van der Waals surface area contributed by atoms with Gasteiger partial charge >= 0.3 is 0 Å². The maximum Gasteiger partial charge on any atom is 0.256 e. The van der Waals surface area contributed by atoms with Crippen molar-refractivity contribution in [3.8, 4) is 11.3 Å². The molecule has 0 radical (unpaired) electrons. The Morgan fingerprint density at radius 3 is 2.26 bits per heavy atom. The second kappa shape index (κ2) is 10.2. The third-order valence-electron chi connectivity index (χ3n) is 5.20. The van der Waals surface area contributed by atoms with Crippen LogP contribution in [0.1, 0.15) is 29.8 Å². The summed E-state index contributed by atoms with van der Waals surface area (Å²) in [7, 11) is -3.67. The SMILES string of the molecule is CC(C)NS(=O)(=O)c1ccc(C(=O)Nc2c(-c3ccc(F)cc3)ncn2Cc2ccccc2)cc1. The van der Waals surface area contributed by atoms with Crippen LogP contribution in [0, 0.1) is 5.82 Å². The Morgan fingerprint density at radius 2 is 1.63 bits per heavy atom. The van der Waals surface area contributed by atoms with E-state index in [9.17, 15) is 17.6 Å². The van der Waals surface area contributed by atoms with Crippen LogP contribution in [-0.2, 0) is 16.6 Å². The van der Waals surface area contributed by atoms with Gasteiger partial charge in [0, 0.05) is 17.2 Å². The van der Waals surface area contributed by atoms with Crippen LogP contribution in [0.15, 0.2) is 90.1 Å². The van der Waals surface area contributed by atoms with Crippen LogP contribution in [0.3, 0.4) is 0 Å². The van der Waals surface area contributed by atoms with Crippen molar-refractivity contribution < 1.29 is 17.6 Å². The molecule has 0 aliphatic heterocycles. The number of carbonyl (C=O) groups excluding carboxylic acids is 1. The van der Waals surface area contributed by atoms with E-state index < -0.39 is 15.9 Å². The van der Waals surface area contributed by atoms with Crippen molar-refractivity contribution in [1.29, 1.82) is 0 Å². The second-order valence-electron chi connectivity index (χ2n) is 8.32. The summed E-state index contributed by atoms with van der Waals surface area (Å²) in [6.45, 7) is 3.93. The number of hydrogen-bond acceptors (Lipinski definition) is 4. The molecule has 0 spiro atoms. The van der Waals surface area contributed by atoms with Gasteiger partial charge in [-0.05, 0) is 67.9 Å². The van der Waals surface area contributed by atoms with Gasteiger partial charge < -0.3 is 9.88 Å². The van der Waals surface area contributed by atoms with Crippen LogP contribution in [-0.4, -0.2) is 29.9 Å². The lowest BCUT2D eigenvalue weighted by molar-refractivity contribution is 0.102. The zero-order chi connectivity index (χ0) is 25.0. The Kier molecular flexibility index (Phi) is 7.09. The van der Waals surface area contributed by atoms with Crippen molar-refractivity contribution in [2.75, 3.05) is 5.32 Å². The van der Waals surface area contributed by atoms with E-state index in [0.717, 1.165) is 5.56 Å². The average Bonchev–Trinajstić information content (AvgIpc) is 3.21. The molecule has 0 fully saturated rings. The quantitative estimate of drug-likeness (QED) is 0.374. The largest absolute Gasteiger partial charge is 0.312 e. The molecular formula is C26H25FN4O3S. The number of halogens is 1. The molecular weight excluding hydrogens is 467 g/mol. The van der Waals surface area contributed by atoms with Crippen molar-refractivity contribution in [2.24, 2.45) is 0 Å². The van der Waals surface area contributed by atoms with Crippen LogP contribution in [0.5, 0.6) is 0 Å². The summed E-state index contributed by atoms with van der Waals surface area (Å²) >= 11 is 0. The first kappa shape index (κ1) is 24.3. The molecule has 7 nitrogen and oxygen atoms in total. The number of anilines is 1.